The van der Waals surface area contributed by atoms with E-state index in [2.05, 4.69) is 13.6 Å². The molecule has 0 aliphatic rings. The average Bonchev–Trinajstić information content (AvgIpc) is 2.75. The molecule has 0 heterocycles. The van der Waals surface area contributed by atoms with Gasteiger partial charge in [0.25, 0.3) is 0 Å². The van der Waals surface area contributed by atoms with Gasteiger partial charge in [0, 0.05) is 31.3 Å². The molecule has 0 radical (unpaired) electrons. The normalized spacial score (nSPS) is 10.9. The van der Waals surface area contributed by atoms with Crippen molar-refractivity contribution in [3.8, 4) is 0 Å². The lowest BCUT2D eigenvalue weighted by atomic mass is 10.0. The monoisotopic (exact) mass is 415 g/mol. The Morgan fingerprint density at radius 1 is 0.767 bits per heavy atom. The predicted molar refractivity (Wildman–Crippen MR) is 132 cm³/mol. The maximum atomic E-state index is 12.4. The summed E-state index contributed by atoms with van der Waals surface area (Å²) >= 11 is 0. The maximum absolute atomic E-state index is 12.4. The molecule has 0 unspecified atom stereocenters. The number of carbonyl (C=O) groups excluding carboxylic acids is 1. The van der Waals surface area contributed by atoms with Crippen LogP contribution in [0, 0.1) is 0 Å². The summed E-state index contributed by atoms with van der Waals surface area (Å²) in [5.74, 6) is 0.209. The second-order valence-electron chi connectivity index (χ2n) is 8.87. The molecule has 0 saturated heterocycles. The Kier molecular flexibility index (Phi) is 15.0. The van der Waals surface area contributed by atoms with Crippen molar-refractivity contribution < 1.29 is 9.37 Å². The summed E-state index contributed by atoms with van der Waals surface area (Å²) in [6.07, 6.45) is 20.9. The lowest BCUT2D eigenvalue weighted by Gasteiger charge is -2.17. The van der Waals surface area contributed by atoms with Gasteiger partial charge in [0.1, 0.15) is 13.8 Å². The van der Waals surface area contributed by atoms with Crippen molar-refractivity contribution in [2.45, 2.75) is 110 Å². The van der Waals surface area contributed by atoms with Gasteiger partial charge in [0.2, 0.25) is 11.6 Å². The number of amides is 1. The van der Waals surface area contributed by atoms with Crippen molar-refractivity contribution in [1.29, 1.82) is 0 Å². The largest absolute Gasteiger partial charge is 0.315 e. The molecule has 3 nitrogen and oxygen atoms in total. The van der Waals surface area contributed by atoms with Gasteiger partial charge < -0.3 is 4.90 Å². The molecular weight excluding hydrogens is 368 g/mol. The fourth-order valence-corrected chi connectivity index (χ4v) is 3.89. The van der Waals surface area contributed by atoms with Crippen LogP contribution in [0.15, 0.2) is 24.3 Å². The molecule has 170 valence electrons. The zero-order chi connectivity index (χ0) is 22.0. The molecule has 30 heavy (non-hydrogen) atoms. The van der Waals surface area contributed by atoms with Gasteiger partial charge in [0.05, 0.1) is 0 Å². The van der Waals surface area contributed by atoms with Crippen LogP contribution in [-0.2, 0) is 4.79 Å². The number of hydrogen-bond acceptors (Lipinski definition) is 1. The summed E-state index contributed by atoms with van der Waals surface area (Å²) in [5, 5.41) is 0. The highest BCUT2D eigenvalue weighted by Gasteiger charge is 2.11. The number of rotatable bonds is 18. The standard InChI is InChI=1S/C27H47N2O/c1-5-6-7-8-9-10-11-12-13-14-15-16-17-18-19-20-27(30)29(4)26-23-21-25(22-24-26)28(2)3/h21-24H,2,5-20H2,1,3-4H3/q+1. The van der Waals surface area contributed by atoms with Gasteiger partial charge in [-0.15, -0.1) is 0 Å². The molecule has 1 amide bonds. The number of anilines is 1. The highest BCUT2D eigenvalue weighted by atomic mass is 16.2. The third-order valence-electron chi connectivity index (χ3n) is 6.05. The van der Waals surface area contributed by atoms with Crippen LogP contribution in [-0.4, -0.2) is 31.3 Å². The highest BCUT2D eigenvalue weighted by molar-refractivity contribution is 5.92. The van der Waals surface area contributed by atoms with Crippen LogP contribution < -0.4 is 4.90 Å². The van der Waals surface area contributed by atoms with Crippen LogP contribution >= 0.6 is 0 Å². The zero-order valence-corrected chi connectivity index (χ0v) is 20.1. The molecule has 0 fully saturated rings. The number of benzene rings is 1. The van der Waals surface area contributed by atoms with Crippen molar-refractivity contribution in [2.75, 3.05) is 19.0 Å². The molecule has 0 aliphatic carbocycles. The van der Waals surface area contributed by atoms with Gasteiger partial charge in [-0.2, -0.15) is 0 Å². The molecule has 1 aromatic carbocycles. The maximum Gasteiger partial charge on any atom is 0.226 e. The van der Waals surface area contributed by atoms with Crippen molar-refractivity contribution in [3.05, 3.63) is 24.3 Å². The SMILES string of the molecule is C=[N+](C)c1ccc(N(C)C(=O)CCCCCCCCCCCCCCCCC)cc1. The lowest BCUT2D eigenvalue weighted by molar-refractivity contribution is -0.394. The summed E-state index contributed by atoms with van der Waals surface area (Å²) in [7, 11) is 3.79. The molecule has 0 saturated carbocycles. The molecule has 0 N–H and O–H groups in total. The fraction of sp³-hybridized carbons (Fsp3) is 0.704. The predicted octanol–water partition coefficient (Wildman–Crippen LogP) is 7.89. The lowest BCUT2D eigenvalue weighted by Crippen LogP contribution is -2.25. The van der Waals surface area contributed by atoms with Crippen LogP contribution in [0.25, 0.3) is 0 Å². The van der Waals surface area contributed by atoms with Crippen LogP contribution in [0.3, 0.4) is 0 Å². The summed E-state index contributed by atoms with van der Waals surface area (Å²) < 4.78 is 1.82. The van der Waals surface area contributed by atoms with Gasteiger partial charge in [0.15, 0.2) is 0 Å². The quantitative estimate of drug-likeness (QED) is 0.136. The fourth-order valence-electron chi connectivity index (χ4n) is 3.89. The summed E-state index contributed by atoms with van der Waals surface area (Å²) in [6.45, 7) is 6.16. The summed E-state index contributed by atoms with van der Waals surface area (Å²) in [6, 6.07) is 7.97. The van der Waals surface area contributed by atoms with Gasteiger partial charge in [-0.25, -0.2) is 4.58 Å². The van der Waals surface area contributed by atoms with E-state index in [9.17, 15) is 4.79 Å². The molecule has 0 spiro atoms. The highest BCUT2D eigenvalue weighted by Crippen LogP contribution is 2.19. The molecule has 0 atom stereocenters. The van der Waals surface area contributed by atoms with E-state index in [1.807, 2.05) is 42.9 Å². The summed E-state index contributed by atoms with van der Waals surface area (Å²) in [4.78, 5) is 14.2. The zero-order valence-electron chi connectivity index (χ0n) is 20.1. The smallest absolute Gasteiger partial charge is 0.226 e. The van der Waals surface area contributed by atoms with Crippen molar-refractivity contribution >= 4 is 24.0 Å². The van der Waals surface area contributed by atoms with Crippen molar-refractivity contribution in [2.24, 2.45) is 0 Å². The number of nitrogens with zero attached hydrogens (tertiary/aromatic N) is 2. The van der Waals surface area contributed by atoms with Crippen LogP contribution in [0.1, 0.15) is 110 Å². The molecule has 0 aliphatic heterocycles. The Hall–Kier alpha value is -1.64. The van der Waals surface area contributed by atoms with Crippen LogP contribution in [0.5, 0.6) is 0 Å². The topological polar surface area (TPSA) is 23.3 Å². The minimum absolute atomic E-state index is 0.209. The Morgan fingerprint density at radius 2 is 1.17 bits per heavy atom. The van der Waals surface area contributed by atoms with E-state index in [4.69, 9.17) is 0 Å². The Balaban J connectivity index is 1.96. The van der Waals surface area contributed by atoms with E-state index in [1.54, 1.807) is 4.90 Å². The molecule has 1 aromatic rings. The average molecular weight is 416 g/mol. The molecule has 0 aromatic heterocycles. The first-order valence-corrected chi connectivity index (χ1v) is 12.5. The van der Waals surface area contributed by atoms with Crippen LogP contribution in [0.2, 0.25) is 0 Å². The van der Waals surface area contributed by atoms with E-state index in [-0.39, 0.29) is 5.91 Å². The van der Waals surface area contributed by atoms with Gasteiger partial charge >= 0.3 is 0 Å². The first kappa shape index (κ1) is 26.4. The van der Waals surface area contributed by atoms with E-state index in [0.717, 1.165) is 17.8 Å². The van der Waals surface area contributed by atoms with E-state index in [1.165, 1.54) is 89.9 Å². The van der Waals surface area contributed by atoms with Crippen LogP contribution in [0.4, 0.5) is 11.4 Å². The third-order valence-corrected chi connectivity index (χ3v) is 6.05. The number of hydrogen-bond donors (Lipinski definition) is 0. The number of carbonyl (C=O) groups is 1. The van der Waals surface area contributed by atoms with Gasteiger partial charge in [-0.3, -0.25) is 4.79 Å². The minimum Gasteiger partial charge on any atom is -0.315 e. The van der Waals surface area contributed by atoms with Gasteiger partial charge in [-0.1, -0.05) is 96.8 Å². The number of unbranched alkanes of at least 4 members (excludes halogenated alkanes) is 14. The molecule has 3 heteroatoms. The van der Waals surface area contributed by atoms with Gasteiger partial charge in [-0.05, 0) is 18.6 Å². The van der Waals surface area contributed by atoms with E-state index in [0.29, 0.717) is 6.42 Å². The second kappa shape index (κ2) is 17.1. The summed E-state index contributed by atoms with van der Waals surface area (Å²) in [5.41, 5.74) is 1.99. The molecular formula is C27H47N2O+. The van der Waals surface area contributed by atoms with Crippen molar-refractivity contribution in [1.82, 2.24) is 0 Å². The van der Waals surface area contributed by atoms with Crippen molar-refractivity contribution in [3.63, 3.8) is 0 Å². The first-order chi connectivity index (χ1) is 14.6. The Labute approximate surface area is 186 Å². The molecule has 0 bridgehead atoms. The molecule has 1 rings (SSSR count). The van der Waals surface area contributed by atoms with E-state index < -0.39 is 0 Å². The van der Waals surface area contributed by atoms with E-state index >= 15 is 0 Å². The second-order valence-corrected chi connectivity index (χ2v) is 8.87. The third kappa shape index (κ3) is 12.1. The first-order valence-electron chi connectivity index (χ1n) is 12.5. The minimum atomic E-state index is 0.209. The Bertz CT molecular complexity index is 579. The Morgan fingerprint density at radius 3 is 1.57 bits per heavy atom.